The molecule has 0 spiro atoms. The van der Waals surface area contributed by atoms with Crippen LogP contribution in [0.25, 0.3) is 0 Å². The average Bonchev–Trinajstić information content (AvgIpc) is 3.10. The molecule has 192 valence electrons. The van der Waals surface area contributed by atoms with Crippen LogP contribution >= 0.6 is 0 Å². The van der Waals surface area contributed by atoms with Gasteiger partial charge in [-0.15, -0.1) is 0 Å². The first-order valence-corrected chi connectivity index (χ1v) is 13.4. The van der Waals surface area contributed by atoms with E-state index in [0.717, 1.165) is 77.6 Å². The Kier molecular flexibility index (Phi) is 11.9. The van der Waals surface area contributed by atoms with Crippen LogP contribution in [0.3, 0.4) is 0 Å². The molecule has 2 heterocycles. The molecule has 0 aromatic carbocycles. The number of hydrogen-bond acceptors (Lipinski definition) is 6. The van der Waals surface area contributed by atoms with E-state index in [-0.39, 0.29) is 36.9 Å². The molecule has 0 radical (unpaired) electrons. The number of carboxylic acid groups (broad SMARTS) is 1. The van der Waals surface area contributed by atoms with Gasteiger partial charge in [0, 0.05) is 32.2 Å². The van der Waals surface area contributed by atoms with Gasteiger partial charge < -0.3 is 29.2 Å². The number of aliphatic hydroxyl groups excluding tert-OH is 1. The minimum absolute atomic E-state index is 0.00622. The molecule has 33 heavy (non-hydrogen) atoms. The van der Waals surface area contributed by atoms with E-state index in [1.807, 2.05) is 0 Å². The van der Waals surface area contributed by atoms with Crippen LogP contribution in [0.15, 0.2) is 0 Å². The number of rotatable bonds is 14. The zero-order valence-electron chi connectivity index (χ0n) is 20.5. The van der Waals surface area contributed by atoms with Crippen LogP contribution in [-0.2, 0) is 23.7 Å². The lowest BCUT2D eigenvalue weighted by Gasteiger charge is -2.33. The van der Waals surface area contributed by atoms with Crippen LogP contribution in [0.2, 0.25) is 0 Å². The predicted octanol–water partition coefficient (Wildman–Crippen LogP) is 4.89. The first-order valence-electron chi connectivity index (χ1n) is 13.4. The molecular weight excluding hydrogens is 424 g/mol. The zero-order valence-corrected chi connectivity index (χ0v) is 20.5. The van der Waals surface area contributed by atoms with E-state index in [9.17, 15) is 15.0 Å². The molecule has 0 bridgehead atoms. The molecule has 3 fully saturated rings. The molecule has 7 nitrogen and oxygen atoms in total. The molecule has 3 aliphatic rings. The van der Waals surface area contributed by atoms with Gasteiger partial charge >= 0.3 is 5.97 Å². The molecule has 1 saturated carbocycles. The summed E-state index contributed by atoms with van der Waals surface area (Å²) in [6, 6.07) is 0. The Balaban J connectivity index is 1.36. The highest BCUT2D eigenvalue weighted by atomic mass is 16.7. The number of aliphatic hydroxyl groups is 1. The summed E-state index contributed by atoms with van der Waals surface area (Å²) >= 11 is 0. The van der Waals surface area contributed by atoms with Crippen molar-refractivity contribution in [2.24, 2.45) is 17.8 Å². The summed E-state index contributed by atoms with van der Waals surface area (Å²) in [4.78, 5) is 11.5. The van der Waals surface area contributed by atoms with Gasteiger partial charge in [0.2, 0.25) is 0 Å². The number of ether oxygens (including phenoxy) is 4. The predicted molar refractivity (Wildman–Crippen MR) is 125 cm³/mol. The van der Waals surface area contributed by atoms with E-state index in [0.29, 0.717) is 12.3 Å². The van der Waals surface area contributed by atoms with E-state index in [2.05, 4.69) is 6.92 Å². The molecule has 0 aromatic heterocycles. The summed E-state index contributed by atoms with van der Waals surface area (Å²) in [5, 5.41) is 20.0. The number of hydrogen-bond donors (Lipinski definition) is 2. The van der Waals surface area contributed by atoms with Gasteiger partial charge in [-0.25, -0.2) is 0 Å². The van der Waals surface area contributed by atoms with Crippen molar-refractivity contribution >= 4 is 5.97 Å². The Hall–Kier alpha value is -0.730. The first-order chi connectivity index (χ1) is 16.0. The maximum atomic E-state index is 11.5. The molecule has 3 rings (SSSR count). The van der Waals surface area contributed by atoms with Crippen LogP contribution in [0.1, 0.15) is 96.8 Å². The second kappa shape index (κ2) is 14.6. The van der Waals surface area contributed by atoms with Crippen molar-refractivity contribution in [3.05, 3.63) is 0 Å². The molecule has 3 unspecified atom stereocenters. The fourth-order valence-electron chi connectivity index (χ4n) is 5.87. The van der Waals surface area contributed by atoms with E-state index < -0.39 is 12.1 Å². The van der Waals surface area contributed by atoms with Crippen molar-refractivity contribution in [1.82, 2.24) is 0 Å². The molecule has 2 N–H and O–H groups in total. The Labute approximate surface area is 199 Å². The van der Waals surface area contributed by atoms with Crippen LogP contribution in [0, 0.1) is 17.8 Å². The van der Waals surface area contributed by atoms with Gasteiger partial charge in [0.25, 0.3) is 0 Å². The third-order valence-electron chi connectivity index (χ3n) is 7.67. The highest BCUT2D eigenvalue weighted by Gasteiger charge is 2.47. The summed E-state index contributed by atoms with van der Waals surface area (Å²) in [5.41, 5.74) is 0. The summed E-state index contributed by atoms with van der Waals surface area (Å²) < 4.78 is 23.5. The fraction of sp³-hybridized carbons (Fsp3) is 0.962. The largest absolute Gasteiger partial charge is 0.481 e. The monoisotopic (exact) mass is 470 g/mol. The van der Waals surface area contributed by atoms with Crippen molar-refractivity contribution < 1.29 is 34.0 Å². The van der Waals surface area contributed by atoms with Gasteiger partial charge in [-0.3, -0.25) is 4.79 Å². The quantitative estimate of drug-likeness (QED) is 0.349. The van der Waals surface area contributed by atoms with Crippen LogP contribution < -0.4 is 0 Å². The van der Waals surface area contributed by atoms with Crippen molar-refractivity contribution in [1.29, 1.82) is 0 Å². The molecule has 1 aliphatic carbocycles. The first kappa shape index (κ1) is 26.9. The van der Waals surface area contributed by atoms with E-state index >= 15 is 0 Å². The fourth-order valence-corrected chi connectivity index (χ4v) is 5.87. The van der Waals surface area contributed by atoms with E-state index in [1.54, 1.807) is 0 Å². The molecular formula is C26H46O7. The lowest BCUT2D eigenvalue weighted by molar-refractivity contribution is -0.199. The molecule has 0 aromatic rings. The summed E-state index contributed by atoms with van der Waals surface area (Å²) in [6.45, 7) is 4.53. The zero-order chi connectivity index (χ0) is 23.5. The maximum Gasteiger partial charge on any atom is 0.303 e. The number of aliphatic carboxylic acids is 1. The normalized spacial score (nSPS) is 33.8. The number of carboxylic acids is 1. The van der Waals surface area contributed by atoms with Crippen molar-refractivity contribution in [2.45, 2.75) is 122 Å². The van der Waals surface area contributed by atoms with Gasteiger partial charge in [-0.2, -0.15) is 0 Å². The number of carbonyl (C=O) groups is 1. The topological polar surface area (TPSA) is 94.5 Å². The molecule has 0 amide bonds. The lowest BCUT2D eigenvalue weighted by Crippen LogP contribution is -2.35. The Morgan fingerprint density at radius 1 is 0.970 bits per heavy atom. The van der Waals surface area contributed by atoms with E-state index in [4.69, 9.17) is 18.9 Å². The van der Waals surface area contributed by atoms with Crippen LogP contribution in [-0.4, -0.2) is 60.8 Å². The number of unbranched alkanes of at least 4 members (excludes halogenated alkanes) is 4. The van der Waals surface area contributed by atoms with Gasteiger partial charge in [0.1, 0.15) is 0 Å². The Morgan fingerprint density at radius 2 is 1.64 bits per heavy atom. The summed E-state index contributed by atoms with van der Waals surface area (Å²) in [7, 11) is 0. The van der Waals surface area contributed by atoms with Gasteiger partial charge in [0.05, 0.1) is 18.6 Å². The highest BCUT2D eigenvalue weighted by molar-refractivity contribution is 5.67. The van der Waals surface area contributed by atoms with Crippen molar-refractivity contribution in [3.63, 3.8) is 0 Å². The summed E-state index contributed by atoms with van der Waals surface area (Å²) in [5.74, 6) is -0.714. The van der Waals surface area contributed by atoms with Gasteiger partial charge in [-0.05, 0) is 56.8 Å². The lowest BCUT2D eigenvalue weighted by atomic mass is 9.79. The average molecular weight is 471 g/mol. The van der Waals surface area contributed by atoms with Gasteiger partial charge in [-0.1, -0.05) is 39.0 Å². The smallest absolute Gasteiger partial charge is 0.303 e. The highest BCUT2D eigenvalue weighted by Crippen LogP contribution is 2.43. The maximum absolute atomic E-state index is 11.5. The second-order valence-corrected chi connectivity index (χ2v) is 10.3. The van der Waals surface area contributed by atoms with Crippen molar-refractivity contribution in [2.75, 3.05) is 19.8 Å². The molecule has 2 aliphatic heterocycles. The third-order valence-corrected chi connectivity index (χ3v) is 7.67. The van der Waals surface area contributed by atoms with E-state index in [1.165, 1.54) is 19.3 Å². The minimum Gasteiger partial charge on any atom is -0.481 e. The molecule has 7 atom stereocenters. The second-order valence-electron chi connectivity index (χ2n) is 10.3. The third kappa shape index (κ3) is 9.10. The Morgan fingerprint density at radius 3 is 2.30 bits per heavy atom. The van der Waals surface area contributed by atoms with Gasteiger partial charge in [0.15, 0.2) is 12.6 Å². The molecule has 7 heteroatoms. The van der Waals surface area contributed by atoms with Crippen molar-refractivity contribution in [3.8, 4) is 0 Å². The summed E-state index contributed by atoms with van der Waals surface area (Å²) in [6.07, 6.45) is 12.7. The SMILES string of the molecule is CC(CCCCCCCOC1CCCCO1)[C@H]1[C@@H](CC(=O)O)[C@@H](O)C[C@H]1OC1CCCCO1. The minimum atomic E-state index is -0.841. The standard InChI is InChI=1S/C26H46O7/c1-19(11-5-3-2-4-8-14-30-24-12-6-9-15-31-24)26-20(17-23(28)29)21(27)18-22(26)33-25-13-7-10-16-32-25/h19-22,24-27H,2-18H2,1H3,(H,28,29)/t19?,20-,21-,22+,24?,25?,26-/m0/s1. The Bertz CT molecular complexity index is 545. The van der Waals surface area contributed by atoms with Crippen LogP contribution in [0.4, 0.5) is 0 Å². The molecule has 2 saturated heterocycles. The van der Waals surface area contributed by atoms with Crippen LogP contribution in [0.5, 0.6) is 0 Å².